The summed E-state index contributed by atoms with van der Waals surface area (Å²) in [4.78, 5) is 28.4. The van der Waals surface area contributed by atoms with Gasteiger partial charge in [0.1, 0.15) is 17.3 Å². The van der Waals surface area contributed by atoms with E-state index in [1.54, 1.807) is 13.8 Å². The maximum atomic E-state index is 12.5. The zero-order valence-corrected chi connectivity index (χ0v) is 13.5. The van der Waals surface area contributed by atoms with E-state index in [1.165, 1.54) is 18.3 Å². The van der Waals surface area contributed by atoms with Crippen LogP contribution in [0.5, 0.6) is 0 Å². The van der Waals surface area contributed by atoms with Crippen molar-refractivity contribution in [1.82, 2.24) is 30.1 Å². The van der Waals surface area contributed by atoms with Crippen LogP contribution in [-0.2, 0) is 11.0 Å². The van der Waals surface area contributed by atoms with Crippen molar-refractivity contribution in [1.29, 1.82) is 0 Å². The molecule has 9 nitrogen and oxygen atoms in total. The number of alkyl halides is 3. The van der Waals surface area contributed by atoms with Gasteiger partial charge in [-0.05, 0) is 26.0 Å². The number of nitrogens with two attached hydrogens (primary N) is 1. The second-order valence-electron chi connectivity index (χ2n) is 4.74. The second kappa shape index (κ2) is 7.63. The predicted molar refractivity (Wildman–Crippen MR) is 81.1 cm³/mol. The molecule has 0 aliphatic rings. The molecule has 136 valence electrons. The van der Waals surface area contributed by atoms with Gasteiger partial charge in [-0.25, -0.2) is 15.0 Å². The van der Waals surface area contributed by atoms with E-state index in [2.05, 4.69) is 40.3 Å². The summed E-state index contributed by atoms with van der Waals surface area (Å²) < 4.78 is 41.8. The lowest BCUT2D eigenvalue weighted by Crippen LogP contribution is -2.04. The van der Waals surface area contributed by atoms with Crippen LogP contribution >= 0.6 is 0 Å². The highest BCUT2D eigenvalue weighted by atomic mass is 19.4. The van der Waals surface area contributed by atoms with Gasteiger partial charge in [0.2, 0.25) is 12.2 Å². The first-order valence-corrected chi connectivity index (χ1v) is 6.97. The number of amides is 1. The van der Waals surface area contributed by atoms with Crippen LogP contribution in [0, 0.1) is 13.8 Å². The van der Waals surface area contributed by atoms with E-state index in [4.69, 9.17) is 4.79 Å². The maximum Gasteiger partial charge on any atom is 0.471 e. The van der Waals surface area contributed by atoms with E-state index in [-0.39, 0.29) is 12.2 Å². The number of primary amides is 1. The molecular formula is C14H12F3N7O2. The van der Waals surface area contributed by atoms with Crippen molar-refractivity contribution in [2.75, 3.05) is 0 Å². The van der Waals surface area contributed by atoms with E-state index in [9.17, 15) is 13.2 Å². The normalized spacial score (nSPS) is 10.8. The van der Waals surface area contributed by atoms with Crippen molar-refractivity contribution >= 4 is 6.41 Å². The fourth-order valence-electron chi connectivity index (χ4n) is 1.88. The van der Waals surface area contributed by atoms with Crippen molar-refractivity contribution in [3.05, 3.63) is 35.9 Å². The first-order valence-electron chi connectivity index (χ1n) is 6.97. The van der Waals surface area contributed by atoms with E-state index >= 15 is 0 Å². The molecule has 0 saturated carbocycles. The number of aromatic nitrogens is 6. The molecule has 0 saturated heterocycles. The van der Waals surface area contributed by atoms with Crippen LogP contribution in [0.4, 0.5) is 13.2 Å². The molecule has 2 N–H and O–H groups in total. The molecule has 3 aromatic heterocycles. The maximum absolute atomic E-state index is 12.5. The lowest BCUT2D eigenvalue weighted by atomic mass is 10.2. The molecule has 26 heavy (non-hydrogen) atoms. The summed E-state index contributed by atoms with van der Waals surface area (Å²) in [5.74, 6) is -0.255. The zero-order valence-electron chi connectivity index (χ0n) is 13.5. The number of hydrogen-bond acceptors (Lipinski definition) is 8. The number of pyridine rings is 1. The molecule has 0 aliphatic heterocycles. The van der Waals surface area contributed by atoms with E-state index in [1.807, 2.05) is 0 Å². The number of carbonyl (C=O) groups excluding carboxylic acids is 1. The van der Waals surface area contributed by atoms with E-state index in [0.717, 1.165) is 0 Å². The monoisotopic (exact) mass is 367 g/mol. The predicted octanol–water partition coefficient (Wildman–Crippen LogP) is 1.72. The summed E-state index contributed by atoms with van der Waals surface area (Å²) in [7, 11) is 0. The summed E-state index contributed by atoms with van der Waals surface area (Å²) in [5.41, 5.74) is 4.85. The minimum atomic E-state index is -4.69. The Bertz CT molecular complexity index is 891. The third-order valence-corrected chi connectivity index (χ3v) is 2.77. The van der Waals surface area contributed by atoms with Gasteiger partial charge in [0.05, 0.1) is 0 Å². The van der Waals surface area contributed by atoms with Gasteiger partial charge < -0.3 is 10.3 Å². The molecule has 0 fully saturated rings. The van der Waals surface area contributed by atoms with Crippen molar-refractivity contribution in [3.63, 3.8) is 0 Å². The minimum Gasteiger partial charge on any atom is -0.372 e. The summed E-state index contributed by atoms with van der Waals surface area (Å²) in [6, 6.07) is 2.95. The largest absolute Gasteiger partial charge is 0.471 e. The molecule has 3 aromatic rings. The Balaban J connectivity index is 0.000000758. The number of nitrogens with zero attached hydrogens (tertiary/aromatic N) is 6. The summed E-state index contributed by atoms with van der Waals surface area (Å²) in [5, 5.41) is 3.34. The molecule has 0 aromatic carbocycles. The van der Waals surface area contributed by atoms with Crippen molar-refractivity contribution in [3.8, 4) is 22.9 Å². The highest BCUT2D eigenvalue weighted by Crippen LogP contribution is 2.29. The van der Waals surface area contributed by atoms with Gasteiger partial charge >= 0.3 is 12.1 Å². The molecule has 0 radical (unpaired) electrons. The number of hydrogen-bond donors (Lipinski definition) is 1. The Labute approximate surface area is 144 Å². The molecule has 0 atom stereocenters. The Morgan fingerprint density at radius 1 is 1.08 bits per heavy atom. The molecule has 0 aliphatic carbocycles. The molecule has 1 amide bonds. The van der Waals surface area contributed by atoms with Crippen LogP contribution in [0.1, 0.15) is 17.5 Å². The number of rotatable bonds is 2. The lowest BCUT2D eigenvalue weighted by molar-refractivity contribution is -0.159. The molecule has 0 spiro atoms. The van der Waals surface area contributed by atoms with Gasteiger partial charge in [0.15, 0.2) is 5.82 Å². The summed E-state index contributed by atoms with van der Waals surface area (Å²) >= 11 is 0. The molecular weight excluding hydrogens is 355 g/mol. The summed E-state index contributed by atoms with van der Waals surface area (Å²) in [6.07, 6.45) is -3.04. The third-order valence-electron chi connectivity index (χ3n) is 2.77. The average Bonchev–Trinajstić information content (AvgIpc) is 3.05. The highest BCUT2D eigenvalue weighted by molar-refractivity contribution is 5.62. The van der Waals surface area contributed by atoms with Gasteiger partial charge in [-0.15, -0.1) is 0 Å². The zero-order chi connectivity index (χ0) is 19.3. The van der Waals surface area contributed by atoms with Crippen molar-refractivity contribution < 1.29 is 22.5 Å². The quantitative estimate of drug-likeness (QED) is 0.677. The number of halogens is 3. The molecule has 0 unspecified atom stereocenters. The van der Waals surface area contributed by atoms with Crippen LogP contribution in [-0.4, -0.2) is 36.5 Å². The fourth-order valence-corrected chi connectivity index (χ4v) is 1.88. The first-order chi connectivity index (χ1) is 12.2. The molecule has 0 bridgehead atoms. The Kier molecular flexibility index (Phi) is 5.54. The first kappa shape index (κ1) is 18.9. The fraction of sp³-hybridized carbons (Fsp3) is 0.214. The SMILES string of the molecule is Cc1nc(C)nc(-c2cc(-c3noc(C(F)(F)F)n3)ccn2)n1.NC=O. The lowest BCUT2D eigenvalue weighted by Gasteiger charge is -2.03. The molecule has 3 rings (SSSR count). The smallest absolute Gasteiger partial charge is 0.372 e. The van der Waals surface area contributed by atoms with Gasteiger partial charge in [-0.1, -0.05) is 5.16 Å². The van der Waals surface area contributed by atoms with Crippen molar-refractivity contribution in [2.45, 2.75) is 20.0 Å². The third kappa shape index (κ3) is 4.55. The van der Waals surface area contributed by atoms with E-state index in [0.29, 0.717) is 28.7 Å². The van der Waals surface area contributed by atoms with Crippen LogP contribution in [0.3, 0.4) is 0 Å². The number of carbonyl (C=O) groups is 1. The molecule has 3 heterocycles. The number of aryl methyl sites for hydroxylation is 2. The van der Waals surface area contributed by atoms with Crippen LogP contribution in [0.15, 0.2) is 22.9 Å². The molecule has 12 heteroatoms. The topological polar surface area (TPSA) is 134 Å². The van der Waals surface area contributed by atoms with Gasteiger partial charge in [-0.2, -0.15) is 18.2 Å². The van der Waals surface area contributed by atoms with Crippen LogP contribution in [0.25, 0.3) is 22.9 Å². The van der Waals surface area contributed by atoms with Crippen LogP contribution < -0.4 is 5.73 Å². The second-order valence-corrected chi connectivity index (χ2v) is 4.74. The standard InChI is InChI=1S/C13H9F3N6O.CH3NO/c1-6-18-7(2)20-11(19-6)9-5-8(3-4-17-9)10-21-12(23-22-10)13(14,15)16;2-1-3/h3-5H,1-2H3;1H,(H2,2,3). The summed E-state index contributed by atoms with van der Waals surface area (Å²) in [6.45, 7) is 3.41. The Hall–Kier alpha value is -3.44. The van der Waals surface area contributed by atoms with Gasteiger partial charge in [0.25, 0.3) is 0 Å². The highest BCUT2D eigenvalue weighted by Gasteiger charge is 2.38. The minimum absolute atomic E-state index is 0.191. The van der Waals surface area contributed by atoms with Gasteiger partial charge in [-0.3, -0.25) is 9.78 Å². The van der Waals surface area contributed by atoms with Crippen molar-refractivity contribution in [2.24, 2.45) is 5.73 Å². The van der Waals surface area contributed by atoms with Crippen LogP contribution in [0.2, 0.25) is 0 Å². The van der Waals surface area contributed by atoms with E-state index < -0.39 is 12.1 Å². The van der Waals surface area contributed by atoms with Gasteiger partial charge in [0, 0.05) is 11.8 Å². The Morgan fingerprint density at radius 2 is 1.69 bits per heavy atom. The average molecular weight is 367 g/mol. The Morgan fingerprint density at radius 3 is 2.23 bits per heavy atom.